The number of ketones is 1. The van der Waals surface area contributed by atoms with E-state index in [1.807, 2.05) is 17.8 Å². The highest BCUT2D eigenvalue weighted by Gasteiger charge is 2.28. The molecule has 0 aromatic carbocycles. The largest absolute Gasteiger partial charge is 0.332 e. The van der Waals surface area contributed by atoms with Crippen LogP contribution in [0.3, 0.4) is 0 Å². The van der Waals surface area contributed by atoms with Gasteiger partial charge in [-0.05, 0) is 31.6 Å². The van der Waals surface area contributed by atoms with Gasteiger partial charge in [-0.3, -0.25) is 4.79 Å². The van der Waals surface area contributed by atoms with Crippen LogP contribution in [0.15, 0.2) is 12.4 Å². The minimum Gasteiger partial charge on any atom is -0.332 e. The van der Waals surface area contributed by atoms with Gasteiger partial charge in [0.1, 0.15) is 0 Å². The number of aryl methyl sites for hydroxylation is 1. The number of hydrogen-bond donors (Lipinski definition) is 0. The molecule has 0 spiro atoms. The van der Waals surface area contributed by atoms with E-state index in [9.17, 15) is 4.79 Å². The lowest BCUT2D eigenvalue weighted by Gasteiger charge is -2.27. The second-order valence-electron chi connectivity index (χ2n) is 5.59. The summed E-state index contributed by atoms with van der Waals surface area (Å²) in [4.78, 5) is 16.5. The van der Waals surface area contributed by atoms with Crippen molar-refractivity contribution in [1.82, 2.24) is 9.55 Å². The molecular weight excluding hydrogens is 224 g/mol. The maximum Gasteiger partial charge on any atom is 0.201 e. The van der Waals surface area contributed by atoms with E-state index in [-0.39, 0.29) is 11.7 Å². The molecule has 0 amide bonds. The van der Waals surface area contributed by atoms with Gasteiger partial charge in [-0.25, -0.2) is 4.98 Å². The number of aromatic nitrogens is 2. The molecule has 0 atom stereocenters. The average Bonchev–Trinajstić information content (AvgIpc) is 2.82. The molecule has 1 aliphatic rings. The van der Waals surface area contributed by atoms with Crippen molar-refractivity contribution in [2.45, 2.75) is 51.9 Å². The summed E-state index contributed by atoms with van der Waals surface area (Å²) in [6.07, 6.45) is 12.1. The predicted molar refractivity (Wildman–Crippen MR) is 72.5 cm³/mol. The lowest BCUT2D eigenvalue weighted by Crippen LogP contribution is -2.24. The maximum atomic E-state index is 12.3. The van der Waals surface area contributed by atoms with E-state index < -0.39 is 0 Å². The maximum absolute atomic E-state index is 12.3. The van der Waals surface area contributed by atoms with Gasteiger partial charge in [-0.1, -0.05) is 26.2 Å². The zero-order chi connectivity index (χ0) is 13.0. The highest BCUT2D eigenvalue weighted by atomic mass is 16.1. The van der Waals surface area contributed by atoms with E-state index >= 15 is 0 Å². The number of hydrogen-bond acceptors (Lipinski definition) is 2. The van der Waals surface area contributed by atoms with E-state index in [2.05, 4.69) is 11.9 Å². The Balaban J connectivity index is 1.86. The van der Waals surface area contributed by atoms with Crippen LogP contribution in [-0.4, -0.2) is 15.3 Å². The summed E-state index contributed by atoms with van der Waals surface area (Å²) < 4.78 is 1.84. The first-order chi connectivity index (χ1) is 8.72. The Kier molecular flexibility index (Phi) is 4.56. The monoisotopic (exact) mass is 248 g/mol. The first kappa shape index (κ1) is 13.3. The molecule has 0 bridgehead atoms. The minimum absolute atomic E-state index is 0.212. The van der Waals surface area contributed by atoms with E-state index in [1.54, 1.807) is 6.20 Å². The third-order valence-corrected chi connectivity index (χ3v) is 4.23. The fourth-order valence-corrected chi connectivity index (χ4v) is 2.99. The van der Waals surface area contributed by atoms with Crippen molar-refractivity contribution in [2.75, 3.05) is 0 Å². The summed E-state index contributed by atoms with van der Waals surface area (Å²) in [6, 6.07) is 0. The molecule has 1 aliphatic carbocycles. The fourth-order valence-electron chi connectivity index (χ4n) is 2.99. The number of unbranched alkanes of at least 4 members (excludes halogenated alkanes) is 1. The first-order valence-corrected chi connectivity index (χ1v) is 7.24. The molecule has 3 nitrogen and oxygen atoms in total. The molecule has 3 heteroatoms. The van der Waals surface area contributed by atoms with E-state index in [1.165, 1.54) is 32.1 Å². The first-order valence-electron chi connectivity index (χ1n) is 7.24. The van der Waals surface area contributed by atoms with Crippen molar-refractivity contribution in [3.63, 3.8) is 0 Å². The predicted octanol–water partition coefficient (Wildman–Crippen LogP) is 3.60. The van der Waals surface area contributed by atoms with Gasteiger partial charge < -0.3 is 4.57 Å². The summed E-state index contributed by atoms with van der Waals surface area (Å²) in [7, 11) is 1.90. The fraction of sp³-hybridized carbons (Fsp3) is 0.733. The van der Waals surface area contributed by atoms with Crippen molar-refractivity contribution in [3.05, 3.63) is 18.2 Å². The Morgan fingerprint density at radius 2 is 2.11 bits per heavy atom. The Hall–Kier alpha value is -1.12. The Bertz CT molecular complexity index is 389. The van der Waals surface area contributed by atoms with Crippen LogP contribution in [0.25, 0.3) is 0 Å². The standard InChI is InChI=1S/C15H24N2O/c1-3-4-5-12-6-8-13(9-7-12)14(18)15-16-10-11-17(15)2/h10-13H,3-9H2,1-2H3. The second-order valence-corrected chi connectivity index (χ2v) is 5.59. The summed E-state index contributed by atoms with van der Waals surface area (Å²) >= 11 is 0. The quantitative estimate of drug-likeness (QED) is 0.746. The zero-order valence-electron chi connectivity index (χ0n) is 11.6. The number of rotatable bonds is 5. The van der Waals surface area contributed by atoms with E-state index in [0.717, 1.165) is 18.8 Å². The Morgan fingerprint density at radius 3 is 2.67 bits per heavy atom. The van der Waals surface area contributed by atoms with Gasteiger partial charge in [-0.2, -0.15) is 0 Å². The van der Waals surface area contributed by atoms with Crippen LogP contribution in [-0.2, 0) is 7.05 Å². The molecule has 0 saturated heterocycles. The summed E-state index contributed by atoms with van der Waals surface area (Å²) in [5.41, 5.74) is 0. The SMILES string of the molecule is CCCCC1CCC(C(=O)c2nccn2C)CC1. The zero-order valence-corrected chi connectivity index (χ0v) is 11.6. The molecule has 100 valence electrons. The number of carbonyl (C=O) groups excluding carboxylic acids is 1. The topological polar surface area (TPSA) is 34.9 Å². The highest BCUT2D eigenvalue weighted by molar-refractivity contribution is 5.94. The average molecular weight is 248 g/mol. The van der Waals surface area contributed by atoms with Gasteiger partial charge in [0.25, 0.3) is 0 Å². The molecule has 1 aromatic rings. The van der Waals surface area contributed by atoms with E-state index in [4.69, 9.17) is 0 Å². The Morgan fingerprint density at radius 1 is 1.39 bits per heavy atom. The number of nitrogens with zero attached hydrogens (tertiary/aromatic N) is 2. The second kappa shape index (κ2) is 6.17. The molecule has 0 radical (unpaired) electrons. The molecule has 18 heavy (non-hydrogen) atoms. The third kappa shape index (κ3) is 3.01. The van der Waals surface area contributed by atoms with Crippen molar-refractivity contribution >= 4 is 5.78 Å². The van der Waals surface area contributed by atoms with Crippen LogP contribution in [0, 0.1) is 11.8 Å². The lowest BCUT2D eigenvalue weighted by atomic mass is 9.78. The van der Waals surface area contributed by atoms with Gasteiger partial charge in [0.15, 0.2) is 5.82 Å². The molecule has 1 fully saturated rings. The number of Topliss-reactive ketones (excluding diaryl/α,β-unsaturated/α-hetero) is 1. The molecule has 0 aliphatic heterocycles. The molecule has 0 unspecified atom stereocenters. The van der Waals surface area contributed by atoms with Gasteiger partial charge >= 0.3 is 0 Å². The van der Waals surface area contributed by atoms with Gasteiger partial charge in [-0.15, -0.1) is 0 Å². The smallest absolute Gasteiger partial charge is 0.201 e. The van der Waals surface area contributed by atoms with Crippen LogP contribution in [0.1, 0.15) is 62.5 Å². The normalized spacial score (nSPS) is 24.1. The van der Waals surface area contributed by atoms with E-state index in [0.29, 0.717) is 5.82 Å². The molecule has 2 rings (SSSR count). The molecule has 1 aromatic heterocycles. The molecule has 1 heterocycles. The molecule has 1 saturated carbocycles. The lowest BCUT2D eigenvalue weighted by molar-refractivity contribution is 0.0855. The summed E-state index contributed by atoms with van der Waals surface area (Å²) in [6.45, 7) is 2.25. The van der Waals surface area contributed by atoms with Crippen molar-refractivity contribution in [1.29, 1.82) is 0 Å². The number of imidazole rings is 1. The summed E-state index contributed by atoms with van der Waals surface area (Å²) in [5, 5.41) is 0. The minimum atomic E-state index is 0.212. The van der Waals surface area contributed by atoms with Gasteiger partial charge in [0.05, 0.1) is 0 Å². The molecular formula is C15H24N2O. The summed E-state index contributed by atoms with van der Waals surface area (Å²) in [5.74, 6) is 1.95. The third-order valence-electron chi connectivity index (χ3n) is 4.23. The van der Waals surface area contributed by atoms with Gasteiger partial charge in [0.2, 0.25) is 5.78 Å². The molecule has 0 N–H and O–H groups in total. The van der Waals surface area contributed by atoms with Crippen molar-refractivity contribution in [3.8, 4) is 0 Å². The van der Waals surface area contributed by atoms with Crippen LogP contribution in [0.5, 0.6) is 0 Å². The van der Waals surface area contributed by atoms with Gasteiger partial charge in [0, 0.05) is 25.4 Å². The Labute approximate surface area is 110 Å². The van der Waals surface area contributed by atoms with Crippen molar-refractivity contribution < 1.29 is 4.79 Å². The van der Waals surface area contributed by atoms with Crippen LogP contribution >= 0.6 is 0 Å². The van der Waals surface area contributed by atoms with Crippen molar-refractivity contribution in [2.24, 2.45) is 18.9 Å². The van der Waals surface area contributed by atoms with Crippen LogP contribution < -0.4 is 0 Å². The van der Waals surface area contributed by atoms with Crippen LogP contribution in [0.2, 0.25) is 0 Å². The van der Waals surface area contributed by atoms with Crippen LogP contribution in [0.4, 0.5) is 0 Å². The highest BCUT2D eigenvalue weighted by Crippen LogP contribution is 2.33. The number of carbonyl (C=O) groups is 1.